The van der Waals surface area contributed by atoms with E-state index in [-0.39, 0.29) is 0 Å². The smallest absolute Gasteiger partial charge is 0.177 e. The zero-order valence-electron chi connectivity index (χ0n) is 13.5. The molecule has 0 aliphatic heterocycles. The molecule has 0 radical (unpaired) electrons. The van der Waals surface area contributed by atoms with Gasteiger partial charge in [-0.2, -0.15) is 0 Å². The van der Waals surface area contributed by atoms with Crippen LogP contribution in [-0.4, -0.2) is 41.1 Å². The van der Waals surface area contributed by atoms with E-state index in [2.05, 4.69) is 26.9 Å². The van der Waals surface area contributed by atoms with Crippen LogP contribution in [0.4, 0.5) is 0 Å². The number of rotatable bonds is 6. The highest BCUT2D eigenvalue weighted by molar-refractivity contribution is 5.69. The molecule has 0 saturated carbocycles. The van der Waals surface area contributed by atoms with Crippen LogP contribution in [0.5, 0.6) is 11.5 Å². The maximum Gasteiger partial charge on any atom is 0.177 e. The van der Waals surface area contributed by atoms with Crippen molar-refractivity contribution >= 4 is 11.2 Å². The lowest BCUT2D eigenvalue weighted by molar-refractivity contribution is 0.310. The summed E-state index contributed by atoms with van der Waals surface area (Å²) in [5, 5.41) is 0. The van der Waals surface area contributed by atoms with Crippen molar-refractivity contribution in [2.24, 2.45) is 0 Å². The summed E-state index contributed by atoms with van der Waals surface area (Å²) in [6, 6.07) is 9.84. The number of pyridine rings is 1. The molecule has 2 aromatic heterocycles. The van der Waals surface area contributed by atoms with Crippen LogP contribution in [0.3, 0.4) is 0 Å². The first-order valence-corrected chi connectivity index (χ1v) is 7.38. The standard InChI is InChI=1S/C17H20N4O2/c1-21(10-12-6-7-14(22-2)15(9-12)23-3)11-16-19-13-5-4-8-18-17(13)20-16/h4-9H,10-11H2,1-3H3,(H,18,19,20). The Bertz CT molecular complexity index is 767. The number of aromatic amines is 1. The van der Waals surface area contributed by atoms with Crippen molar-refractivity contribution in [2.45, 2.75) is 13.1 Å². The predicted molar refractivity (Wildman–Crippen MR) is 88.6 cm³/mol. The molecule has 0 aliphatic carbocycles. The van der Waals surface area contributed by atoms with Gasteiger partial charge in [0.15, 0.2) is 17.1 Å². The first kappa shape index (κ1) is 15.3. The lowest BCUT2D eigenvalue weighted by atomic mass is 10.2. The van der Waals surface area contributed by atoms with Gasteiger partial charge in [-0.3, -0.25) is 4.90 Å². The van der Waals surface area contributed by atoms with E-state index in [9.17, 15) is 0 Å². The molecule has 0 saturated heterocycles. The molecular weight excluding hydrogens is 292 g/mol. The second-order valence-corrected chi connectivity index (χ2v) is 5.42. The van der Waals surface area contributed by atoms with Crippen LogP contribution in [0.1, 0.15) is 11.4 Å². The SMILES string of the molecule is COc1ccc(CN(C)Cc2nc3ncccc3[nH]2)cc1OC. The number of hydrogen-bond acceptors (Lipinski definition) is 5. The highest BCUT2D eigenvalue weighted by atomic mass is 16.5. The van der Waals surface area contributed by atoms with E-state index in [1.807, 2.05) is 30.3 Å². The lowest BCUT2D eigenvalue weighted by Crippen LogP contribution is -2.18. The van der Waals surface area contributed by atoms with Crippen LogP contribution in [0, 0.1) is 0 Å². The Kier molecular flexibility index (Phi) is 4.43. The van der Waals surface area contributed by atoms with E-state index in [0.717, 1.165) is 40.6 Å². The maximum absolute atomic E-state index is 5.35. The van der Waals surface area contributed by atoms with Gasteiger partial charge in [0.1, 0.15) is 5.82 Å². The first-order chi connectivity index (χ1) is 11.2. The van der Waals surface area contributed by atoms with Crippen LogP contribution in [0.2, 0.25) is 0 Å². The van der Waals surface area contributed by atoms with Gasteiger partial charge in [0.05, 0.1) is 26.3 Å². The van der Waals surface area contributed by atoms with Crippen molar-refractivity contribution < 1.29 is 9.47 Å². The monoisotopic (exact) mass is 312 g/mol. The molecule has 6 heteroatoms. The molecular formula is C17H20N4O2. The molecule has 23 heavy (non-hydrogen) atoms. The first-order valence-electron chi connectivity index (χ1n) is 7.38. The van der Waals surface area contributed by atoms with Crippen molar-refractivity contribution in [3.63, 3.8) is 0 Å². The molecule has 0 aliphatic rings. The van der Waals surface area contributed by atoms with E-state index in [1.165, 1.54) is 0 Å². The summed E-state index contributed by atoms with van der Waals surface area (Å²) in [7, 11) is 5.34. The molecule has 0 atom stereocenters. The van der Waals surface area contributed by atoms with Gasteiger partial charge in [0.2, 0.25) is 0 Å². The minimum atomic E-state index is 0.713. The third-order valence-corrected chi connectivity index (χ3v) is 3.63. The van der Waals surface area contributed by atoms with E-state index in [0.29, 0.717) is 6.54 Å². The van der Waals surface area contributed by atoms with Gasteiger partial charge in [-0.25, -0.2) is 9.97 Å². The number of benzene rings is 1. The summed E-state index contributed by atoms with van der Waals surface area (Å²) in [6.45, 7) is 1.50. The van der Waals surface area contributed by atoms with Crippen LogP contribution in [0.25, 0.3) is 11.2 Å². The number of ether oxygens (including phenoxy) is 2. The van der Waals surface area contributed by atoms with Crippen molar-refractivity contribution in [2.75, 3.05) is 21.3 Å². The van der Waals surface area contributed by atoms with E-state index < -0.39 is 0 Å². The van der Waals surface area contributed by atoms with E-state index >= 15 is 0 Å². The number of H-pyrrole nitrogens is 1. The maximum atomic E-state index is 5.35. The Morgan fingerprint density at radius 2 is 1.91 bits per heavy atom. The number of nitrogens with zero attached hydrogens (tertiary/aromatic N) is 3. The summed E-state index contributed by atoms with van der Waals surface area (Å²) in [4.78, 5) is 14.2. The summed E-state index contributed by atoms with van der Waals surface area (Å²) in [6.07, 6.45) is 1.75. The topological polar surface area (TPSA) is 63.3 Å². The molecule has 1 aromatic carbocycles. The van der Waals surface area contributed by atoms with Crippen LogP contribution < -0.4 is 9.47 Å². The molecule has 1 N–H and O–H groups in total. The van der Waals surface area contributed by atoms with Gasteiger partial charge >= 0.3 is 0 Å². The van der Waals surface area contributed by atoms with Crippen LogP contribution >= 0.6 is 0 Å². The minimum Gasteiger partial charge on any atom is -0.493 e. The number of nitrogens with one attached hydrogen (secondary N) is 1. The Hall–Kier alpha value is -2.60. The largest absolute Gasteiger partial charge is 0.493 e. The van der Waals surface area contributed by atoms with Gasteiger partial charge < -0.3 is 14.5 Å². The van der Waals surface area contributed by atoms with Crippen molar-refractivity contribution in [3.8, 4) is 11.5 Å². The average molecular weight is 312 g/mol. The van der Waals surface area contributed by atoms with Crippen molar-refractivity contribution in [3.05, 3.63) is 47.9 Å². The van der Waals surface area contributed by atoms with E-state index in [4.69, 9.17) is 9.47 Å². The molecule has 0 bridgehead atoms. The number of aromatic nitrogens is 3. The molecule has 0 amide bonds. The highest BCUT2D eigenvalue weighted by Gasteiger charge is 2.09. The molecule has 0 fully saturated rings. The van der Waals surface area contributed by atoms with Crippen LogP contribution in [-0.2, 0) is 13.1 Å². The number of methoxy groups -OCH3 is 2. The highest BCUT2D eigenvalue weighted by Crippen LogP contribution is 2.28. The molecule has 120 valence electrons. The normalized spacial score (nSPS) is 11.1. The number of fused-ring (bicyclic) bond motifs is 1. The third kappa shape index (κ3) is 3.43. The Morgan fingerprint density at radius 1 is 1.09 bits per heavy atom. The van der Waals surface area contributed by atoms with Crippen molar-refractivity contribution in [1.29, 1.82) is 0 Å². The van der Waals surface area contributed by atoms with Gasteiger partial charge in [-0.1, -0.05) is 6.07 Å². The number of imidazole rings is 1. The molecule has 0 spiro atoms. The fraction of sp³-hybridized carbons (Fsp3) is 0.294. The minimum absolute atomic E-state index is 0.713. The molecule has 3 aromatic rings. The Balaban J connectivity index is 1.70. The lowest BCUT2D eigenvalue weighted by Gasteiger charge is -2.16. The Morgan fingerprint density at radius 3 is 2.65 bits per heavy atom. The second kappa shape index (κ2) is 6.66. The number of hydrogen-bond donors (Lipinski definition) is 1. The quantitative estimate of drug-likeness (QED) is 0.758. The molecule has 3 rings (SSSR count). The van der Waals surface area contributed by atoms with Gasteiger partial charge in [-0.05, 0) is 36.9 Å². The fourth-order valence-corrected chi connectivity index (χ4v) is 2.57. The summed E-state index contributed by atoms with van der Waals surface area (Å²) >= 11 is 0. The van der Waals surface area contributed by atoms with Gasteiger partial charge in [-0.15, -0.1) is 0 Å². The third-order valence-electron chi connectivity index (χ3n) is 3.63. The predicted octanol–water partition coefficient (Wildman–Crippen LogP) is 2.61. The zero-order valence-corrected chi connectivity index (χ0v) is 13.5. The Labute approximate surface area is 135 Å². The molecule has 0 unspecified atom stereocenters. The van der Waals surface area contributed by atoms with Gasteiger partial charge in [0.25, 0.3) is 0 Å². The second-order valence-electron chi connectivity index (χ2n) is 5.42. The zero-order chi connectivity index (χ0) is 16.2. The summed E-state index contributed by atoms with van der Waals surface area (Å²) in [5.41, 5.74) is 2.86. The van der Waals surface area contributed by atoms with Gasteiger partial charge in [0, 0.05) is 12.7 Å². The van der Waals surface area contributed by atoms with Crippen LogP contribution in [0.15, 0.2) is 36.5 Å². The fourth-order valence-electron chi connectivity index (χ4n) is 2.57. The molecule has 6 nitrogen and oxygen atoms in total. The van der Waals surface area contributed by atoms with E-state index in [1.54, 1.807) is 20.4 Å². The average Bonchev–Trinajstić information content (AvgIpc) is 2.96. The summed E-state index contributed by atoms with van der Waals surface area (Å²) < 4.78 is 10.6. The van der Waals surface area contributed by atoms with Crippen molar-refractivity contribution in [1.82, 2.24) is 19.9 Å². The molecule has 2 heterocycles. The summed E-state index contributed by atoms with van der Waals surface area (Å²) in [5.74, 6) is 2.38.